The van der Waals surface area contributed by atoms with Gasteiger partial charge in [-0.05, 0) is 37.8 Å². The van der Waals surface area contributed by atoms with E-state index in [9.17, 15) is 4.79 Å². The zero-order valence-corrected chi connectivity index (χ0v) is 12.2. The summed E-state index contributed by atoms with van der Waals surface area (Å²) < 4.78 is 5.32. The molecule has 1 saturated carbocycles. The average Bonchev–Trinajstić information content (AvgIpc) is 2.93. The maximum absolute atomic E-state index is 12.2. The van der Waals surface area contributed by atoms with Crippen LogP contribution in [-0.2, 0) is 4.74 Å². The van der Waals surface area contributed by atoms with Crippen molar-refractivity contribution in [2.24, 2.45) is 0 Å². The number of hydrogen-bond acceptors (Lipinski definition) is 4. The number of nitrogens with zero attached hydrogens (tertiary/aromatic N) is 1. The fraction of sp³-hybridized carbons (Fsp3) is 0.600. The molecule has 2 N–H and O–H groups in total. The minimum atomic E-state index is -0.0336. The molecule has 0 bridgehead atoms. The Morgan fingerprint density at radius 1 is 1.50 bits per heavy atom. The number of aromatic nitrogens is 1. The third-order valence-electron chi connectivity index (χ3n) is 3.63. The number of pyridine rings is 1. The molecule has 2 unspecified atom stereocenters. The van der Waals surface area contributed by atoms with Crippen LogP contribution in [0.3, 0.4) is 0 Å². The van der Waals surface area contributed by atoms with Gasteiger partial charge in [-0.25, -0.2) is 4.98 Å². The summed E-state index contributed by atoms with van der Waals surface area (Å²) in [6, 6.07) is 3.76. The first-order valence-electron chi connectivity index (χ1n) is 7.26. The van der Waals surface area contributed by atoms with Gasteiger partial charge in [0, 0.05) is 31.5 Å². The molecule has 1 aromatic rings. The number of ether oxygens (including phenoxy) is 1. The monoisotopic (exact) mass is 277 g/mol. The van der Waals surface area contributed by atoms with Gasteiger partial charge in [0.2, 0.25) is 0 Å². The van der Waals surface area contributed by atoms with Crippen molar-refractivity contribution in [3.63, 3.8) is 0 Å². The summed E-state index contributed by atoms with van der Waals surface area (Å²) >= 11 is 0. The molecule has 2 rings (SSSR count). The van der Waals surface area contributed by atoms with Gasteiger partial charge in [0.15, 0.2) is 0 Å². The second kappa shape index (κ2) is 7.24. The summed E-state index contributed by atoms with van der Waals surface area (Å²) in [5.74, 6) is 0.717. The van der Waals surface area contributed by atoms with Crippen LogP contribution in [0.5, 0.6) is 0 Å². The van der Waals surface area contributed by atoms with Crippen molar-refractivity contribution >= 4 is 11.7 Å². The maximum atomic E-state index is 12.2. The van der Waals surface area contributed by atoms with Crippen molar-refractivity contribution in [1.29, 1.82) is 0 Å². The Morgan fingerprint density at radius 2 is 2.35 bits per heavy atom. The lowest BCUT2D eigenvalue weighted by Gasteiger charge is -2.13. The molecular weight excluding hydrogens is 254 g/mol. The first-order chi connectivity index (χ1) is 9.72. The number of methoxy groups -OCH3 is 1. The quantitative estimate of drug-likeness (QED) is 0.836. The Hall–Kier alpha value is -1.62. The molecule has 0 aliphatic heterocycles. The van der Waals surface area contributed by atoms with Gasteiger partial charge in [-0.15, -0.1) is 0 Å². The van der Waals surface area contributed by atoms with Crippen LogP contribution in [-0.4, -0.2) is 36.7 Å². The van der Waals surface area contributed by atoms with Gasteiger partial charge in [0.1, 0.15) is 5.82 Å². The number of carbonyl (C=O) groups excluding carboxylic acids is 1. The van der Waals surface area contributed by atoms with Crippen molar-refractivity contribution in [1.82, 2.24) is 10.3 Å². The van der Waals surface area contributed by atoms with E-state index in [1.54, 1.807) is 25.4 Å². The Balaban J connectivity index is 1.92. The number of carbonyl (C=O) groups is 1. The predicted octanol–water partition coefficient (Wildman–Crippen LogP) is 2.20. The highest BCUT2D eigenvalue weighted by Gasteiger charge is 2.25. The zero-order chi connectivity index (χ0) is 14.4. The van der Waals surface area contributed by atoms with Crippen molar-refractivity contribution in [2.75, 3.05) is 19.0 Å². The highest BCUT2D eigenvalue weighted by Crippen LogP contribution is 2.21. The summed E-state index contributed by atoms with van der Waals surface area (Å²) in [6.07, 6.45) is 5.86. The Labute approximate surface area is 120 Å². The number of nitrogens with one attached hydrogen (secondary N) is 2. The van der Waals surface area contributed by atoms with E-state index in [-0.39, 0.29) is 18.1 Å². The van der Waals surface area contributed by atoms with Crippen LogP contribution >= 0.6 is 0 Å². The van der Waals surface area contributed by atoms with Crippen molar-refractivity contribution in [2.45, 2.75) is 44.8 Å². The molecule has 1 amide bonds. The van der Waals surface area contributed by atoms with Crippen LogP contribution in [0.2, 0.25) is 0 Å². The second-order valence-electron chi connectivity index (χ2n) is 5.20. The van der Waals surface area contributed by atoms with E-state index < -0.39 is 0 Å². The molecule has 20 heavy (non-hydrogen) atoms. The van der Waals surface area contributed by atoms with E-state index in [1.807, 2.05) is 0 Å². The minimum absolute atomic E-state index is 0.0336. The molecule has 0 saturated heterocycles. The Morgan fingerprint density at radius 3 is 3.05 bits per heavy atom. The fourth-order valence-corrected chi connectivity index (χ4v) is 2.48. The lowest BCUT2D eigenvalue weighted by molar-refractivity contribution is 0.0915. The van der Waals surface area contributed by atoms with Gasteiger partial charge in [0.05, 0.1) is 6.10 Å². The molecule has 0 radical (unpaired) electrons. The van der Waals surface area contributed by atoms with Crippen molar-refractivity contribution in [3.05, 3.63) is 23.9 Å². The average molecular weight is 277 g/mol. The van der Waals surface area contributed by atoms with Crippen LogP contribution in [0.1, 0.15) is 43.0 Å². The van der Waals surface area contributed by atoms with Crippen LogP contribution in [0.15, 0.2) is 18.3 Å². The van der Waals surface area contributed by atoms with Crippen LogP contribution in [0.25, 0.3) is 0 Å². The zero-order valence-electron chi connectivity index (χ0n) is 12.2. The third-order valence-corrected chi connectivity index (χ3v) is 3.63. The third kappa shape index (κ3) is 3.93. The number of amides is 1. The summed E-state index contributed by atoms with van der Waals surface area (Å²) in [6.45, 7) is 2.95. The molecule has 110 valence electrons. The molecule has 2 atom stereocenters. The minimum Gasteiger partial charge on any atom is -0.381 e. The topological polar surface area (TPSA) is 63.2 Å². The molecule has 1 fully saturated rings. The van der Waals surface area contributed by atoms with E-state index in [2.05, 4.69) is 22.5 Å². The molecule has 1 aliphatic carbocycles. The van der Waals surface area contributed by atoms with Gasteiger partial charge in [-0.3, -0.25) is 4.79 Å². The maximum Gasteiger partial charge on any atom is 0.251 e. The van der Waals surface area contributed by atoms with Gasteiger partial charge >= 0.3 is 0 Å². The summed E-state index contributed by atoms with van der Waals surface area (Å²) in [7, 11) is 1.73. The van der Waals surface area contributed by atoms with Gasteiger partial charge in [-0.1, -0.05) is 6.92 Å². The predicted molar refractivity (Wildman–Crippen MR) is 78.9 cm³/mol. The van der Waals surface area contributed by atoms with Gasteiger partial charge < -0.3 is 15.4 Å². The van der Waals surface area contributed by atoms with E-state index >= 15 is 0 Å². The first kappa shape index (κ1) is 14.8. The van der Waals surface area contributed by atoms with Gasteiger partial charge in [-0.2, -0.15) is 0 Å². The molecule has 1 aliphatic rings. The molecule has 1 heterocycles. The standard InChI is InChI=1S/C15H23N3O2/c1-3-7-16-14-9-11(6-8-17-14)15(19)18-12-4-5-13(10-12)20-2/h6,8-9,12-13H,3-5,7,10H2,1-2H3,(H,16,17)(H,18,19). The van der Waals surface area contributed by atoms with E-state index in [4.69, 9.17) is 4.74 Å². The SMILES string of the molecule is CCCNc1cc(C(=O)NC2CCC(OC)C2)ccn1. The molecular formula is C15H23N3O2. The van der Waals surface area contributed by atoms with Crippen LogP contribution in [0, 0.1) is 0 Å². The smallest absolute Gasteiger partial charge is 0.251 e. The largest absolute Gasteiger partial charge is 0.381 e. The lowest BCUT2D eigenvalue weighted by Crippen LogP contribution is -2.33. The Bertz CT molecular complexity index is 450. The number of anilines is 1. The fourth-order valence-electron chi connectivity index (χ4n) is 2.48. The molecule has 0 spiro atoms. The van der Waals surface area contributed by atoms with Crippen LogP contribution < -0.4 is 10.6 Å². The molecule has 1 aromatic heterocycles. The summed E-state index contributed by atoms with van der Waals surface area (Å²) in [4.78, 5) is 16.4. The van der Waals surface area contributed by atoms with E-state index in [1.165, 1.54) is 0 Å². The summed E-state index contributed by atoms with van der Waals surface area (Å²) in [5.41, 5.74) is 0.652. The first-order valence-corrected chi connectivity index (χ1v) is 7.26. The highest BCUT2D eigenvalue weighted by atomic mass is 16.5. The van der Waals surface area contributed by atoms with Crippen molar-refractivity contribution in [3.8, 4) is 0 Å². The molecule has 5 nitrogen and oxygen atoms in total. The van der Waals surface area contributed by atoms with E-state index in [0.29, 0.717) is 5.56 Å². The normalized spacial score (nSPS) is 21.7. The second-order valence-corrected chi connectivity index (χ2v) is 5.20. The van der Waals surface area contributed by atoms with Crippen LogP contribution in [0.4, 0.5) is 5.82 Å². The molecule has 5 heteroatoms. The van der Waals surface area contributed by atoms with Crippen molar-refractivity contribution < 1.29 is 9.53 Å². The number of hydrogen-bond donors (Lipinski definition) is 2. The number of rotatable bonds is 6. The Kier molecular flexibility index (Phi) is 5.35. The highest BCUT2D eigenvalue weighted by molar-refractivity contribution is 5.95. The molecule has 0 aromatic carbocycles. The summed E-state index contributed by atoms with van der Waals surface area (Å²) in [5, 5.41) is 6.26. The van der Waals surface area contributed by atoms with E-state index in [0.717, 1.165) is 38.0 Å². The van der Waals surface area contributed by atoms with Gasteiger partial charge in [0.25, 0.3) is 5.91 Å². The lowest BCUT2D eigenvalue weighted by atomic mass is 10.2.